The predicted octanol–water partition coefficient (Wildman–Crippen LogP) is 9.94. The van der Waals surface area contributed by atoms with Crippen molar-refractivity contribution in [2.75, 3.05) is 0 Å². The number of ketones is 1. The molecule has 194 valence electrons. The van der Waals surface area contributed by atoms with Gasteiger partial charge in [-0.2, -0.15) is 0 Å². The van der Waals surface area contributed by atoms with Gasteiger partial charge in [-0.25, -0.2) is 0 Å². The molecule has 1 N–H and O–H groups in total. The molecule has 0 aromatic carbocycles. The minimum absolute atomic E-state index is 0.00382. The molecule has 0 saturated heterocycles. The molecule has 36 heavy (non-hydrogen) atoms. The zero-order chi connectivity index (χ0) is 27.4. The Kier molecular flexibility index (Phi) is 7.51. The Morgan fingerprint density at radius 3 is 1.86 bits per heavy atom. The number of thioether (sulfide) groups is 1. The van der Waals surface area contributed by atoms with Crippen LogP contribution in [0.5, 0.6) is 0 Å². The smallest absolute Gasteiger partial charge is 0.232 e. The largest absolute Gasteiger partial charge is 0.506 e. The molecule has 0 radical (unpaired) electrons. The molecular weight excluding hydrogens is 480 g/mol. The fraction of sp³-hybridized carbons (Fsp3) is 0.500. The maximum Gasteiger partial charge on any atom is 0.232 e. The summed E-state index contributed by atoms with van der Waals surface area (Å²) in [5.74, 6) is 0.000168. The van der Waals surface area contributed by atoms with E-state index in [2.05, 4.69) is 107 Å². The SMILES string of the molecule is CC(C)(C)C1=C/C(=C/C2=C(O)C(=C/c3cc(C(C)(C)C)cc(C(C)(C)C)[s+]3)/C2=O)SC(C(C)(C)C)=C1. The topological polar surface area (TPSA) is 37.3 Å². The van der Waals surface area contributed by atoms with Crippen LogP contribution in [0.25, 0.3) is 6.08 Å². The summed E-state index contributed by atoms with van der Waals surface area (Å²) < 4.78 is 0. The molecule has 1 aliphatic heterocycles. The van der Waals surface area contributed by atoms with Crippen molar-refractivity contribution < 1.29 is 9.90 Å². The van der Waals surface area contributed by atoms with Crippen LogP contribution in [0.4, 0.5) is 0 Å². The fourth-order valence-electron chi connectivity index (χ4n) is 3.79. The average Bonchev–Trinajstić information content (AvgIpc) is 2.72. The van der Waals surface area contributed by atoms with E-state index < -0.39 is 0 Å². The van der Waals surface area contributed by atoms with E-state index >= 15 is 0 Å². The van der Waals surface area contributed by atoms with Gasteiger partial charge >= 0.3 is 0 Å². The lowest BCUT2D eigenvalue weighted by Crippen LogP contribution is -2.21. The highest BCUT2D eigenvalue weighted by Gasteiger charge is 2.36. The van der Waals surface area contributed by atoms with Gasteiger partial charge in [-0.15, -0.1) is 0 Å². The Bertz CT molecular complexity index is 1210. The Labute approximate surface area is 227 Å². The summed E-state index contributed by atoms with van der Waals surface area (Å²) in [7, 11) is 0. The highest BCUT2D eigenvalue weighted by molar-refractivity contribution is 8.07. The molecule has 0 saturated carbocycles. The third-order valence-electron chi connectivity index (χ3n) is 6.41. The summed E-state index contributed by atoms with van der Waals surface area (Å²) in [5, 5.41) is 10.9. The van der Waals surface area contributed by atoms with Crippen LogP contribution >= 0.6 is 23.1 Å². The summed E-state index contributed by atoms with van der Waals surface area (Å²) >= 11 is 3.37. The fourth-order valence-corrected chi connectivity index (χ4v) is 6.00. The summed E-state index contributed by atoms with van der Waals surface area (Å²) in [6.07, 6.45) is 8.15. The zero-order valence-electron chi connectivity index (χ0n) is 24.1. The molecule has 0 amide bonds. The van der Waals surface area contributed by atoms with Gasteiger partial charge in [0.1, 0.15) is 5.76 Å². The summed E-state index contributed by atoms with van der Waals surface area (Å²) in [6, 6.07) is 4.43. The van der Waals surface area contributed by atoms with E-state index in [0.29, 0.717) is 11.1 Å². The number of aliphatic hydroxyl groups excluding tert-OH is 1. The first kappa shape index (κ1) is 28.7. The standard InChI is InChI=1S/C32H42O2S2/c1-29(2,3)19-13-21(35-25(15-19)31(7,8)9)17-23-27(33)24(28(23)34)18-22-14-20(30(4,5)6)16-26(36-22)32(10,11)12/h13-18H,1-12H3/p+1. The molecule has 1 aromatic heterocycles. The van der Waals surface area contributed by atoms with Gasteiger partial charge in [0.05, 0.1) is 11.1 Å². The predicted molar refractivity (Wildman–Crippen MR) is 160 cm³/mol. The zero-order valence-corrected chi connectivity index (χ0v) is 25.8. The van der Waals surface area contributed by atoms with E-state index in [1.54, 1.807) is 23.1 Å². The van der Waals surface area contributed by atoms with Crippen molar-refractivity contribution in [1.29, 1.82) is 0 Å². The maximum absolute atomic E-state index is 13.2. The molecular formula is C32H43O2S2+. The average molecular weight is 524 g/mol. The van der Waals surface area contributed by atoms with Gasteiger partial charge in [0.25, 0.3) is 0 Å². The minimum atomic E-state index is -0.0937. The Morgan fingerprint density at radius 1 is 0.778 bits per heavy atom. The second-order valence-corrected chi connectivity index (χ2v) is 16.2. The molecule has 0 unspecified atom stereocenters. The van der Waals surface area contributed by atoms with Crippen LogP contribution in [-0.4, -0.2) is 10.9 Å². The Morgan fingerprint density at radius 2 is 1.39 bits per heavy atom. The van der Waals surface area contributed by atoms with Gasteiger partial charge < -0.3 is 5.11 Å². The summed E-state index contributed by atoms with van der Waals surface area (Å²) in [4.78, 5) is 17.7. The van der Waals surface area contributed by atoms with Crippen LogP contribution in [0.3, 0.4) is 0 Å². The quantitative estimate of drug-likeness (QED) is 0.309. The van der Waals surface area contributed by atoms with Crippen molar-refractivity contribution in [1.82, 2.24) is 0 Å². The first-order valence-corrected chi connectivity index (χ1v) is 14.3. The molecule has 3 rings (SSSR count). The molecule has 2 heterocycles. The van der Waals surface area contributed by atoms with Gasteiger partial charge in [0, 0.05) is 28.5 Å². The molecule has 4 heteroatoms. The van der Waals surface area contributed by atoms with Crippen molar-refractivity contribution in [3.8, 4) is 0 Å². The molecule has 0 atom stereocenters. The number of rotatable bonds is 2. The third kappa shape index (κ3) is 6.31. The number of aliphatic hydroxyl groups is 1. The van der Waals surface area contributed by atoms with Crippen molar-refractivity contribution in [3.05, 3.63) is 78.0 Å². The summed E-state index contributed by atoms with van der Waals surface area (Å²) in [6.45, 7) is 26.5. The molecule has 2 nitrogen and oxygen atoms in total. The third-order valence-corrected chi connectivity index (χ3v) is 9.25. The van der Waals surface area contributed by atoms with Crippen LogP contribution in [0.15, 0.2) is 62.6 Å². The van der Waals surface area contributed by atoms with Crippen molar-refractivity contribution in [2.24, 2.45) is 10.8 Å². The molecule has 0 bridgehead atoms. The van der Waals surface area contributed by atoms with Gasteiger partial charge in [-0.05, 0) is 50.5 Å². The maximum atomic E-state index is 13.2. The lowest BCUT2D eigenvalue weighted by Gasteiger charge is -2.31. The molecule has 1 aromatic rings. The van der Waals surface area contributed by atoms with Crippen molar-refractivity contribution in [2.45, 2.75) is 93.9 Å². The van der Waals surface area contributed by atoms with Gasteiger partial charge in [-0.1, -0.05) is 94.8 Å². The first-order chi connectivity index (χ1) is 16.2. The molecule has 0 fully saturated rings. The highest BCUT2D eigenvalue weighted by Crippen LogP contribution is 2.47. The molecule has 0 spiro atoms. The number of Topliss-reactive ketones (excluding diaryl/α,β-unsaturated/α-hetero) is 1. The second-order valence-electron chi connectivity index (χ2n) is 14.0. The number of carbonyl (C=O) groups is 1. The lowest BCUT2D eigenvalue weighted by molar-refractivity contribution is -0.113. The van der Waals surface area contributed by atoms with Crippen LogP contribution in [-0.2, 0) is 15.6 Å². The first-order valence-electron chi connectivity index (χ1n) is 12.7. The minimum Gasteiger partial charge on any atom is -0.506 e. The van der Waals surface area contributed by atoms with Crippen LogP contribution in [0.2, 0.25) is 0 Å². The number of carbonyl (C=O) groups excluding carboxylic acids is 1. The van der Waals surface area contributed by atoms with Gasteiger partial charge in [0.15, 0.2) is 0 Å². The number of allylic oxidation sites excluding steroid dienone is 7. The van der Waals surface area contributed by atoms with E-state index in [-0.39, 0.29) is 33.2 Å². The van der Waals surface area contributed by atoms with Crippen LogP contribution in [0.1, 0.15) is 98.4 Å². The van der Waals surface area contributed by atoms with Gasteiger partial charge in [-0.3, -0.25) is 4.79 Å². The lowest BCUT2D eigenvalue weighted by atomic mass is 9.83. The Hall–Kier alpha value is -1.91. The van der Waals surface area contributed by atoms with Crippen molar-refractivity contribution in [3.63, 3.8) is 0 Å². The van der Waals surface area contributed by atoms with Crippen LogP contribution < -0.4 is 0 Å². The Balaban J connectivity index is 2.04. The van der Waals surface area contributed by atoms with Crippen molar-refractivity contribution >= 4 is 35.0 Å². The normalized spacial score (nSPS) is 20.1. The van der Waals surface area contributed by atoms with E-state index in [9.17, 15) is 9.90 Å². The van der Waals surface area contributed by atoms with Crippen LogP contribution in [0, 0.1) is 10.8 Å². The van der Waals surface area contributed by atoms with E-state index in [1.165, 1.54) is 20.9 Å². The second kappa shape index (κ2) is 9.44. The van der Waals surface area contributed by atoms with E-state index in [0.717, 1.165) is 9.78 Å². The monoisotopic (exact) mass is 523 g/mol. The molecule has 1 aliphatic carbocycles. The molecule has 2 aliphatic rings. The van der Waals surface area contributed by atoms with E-state index in [4.69, 9.17) is 0 Å². The van der Waals surface area contributed by atoms with Gasteiger partial charge in [0.2, 0.25) is 26.9 Å². The highest BCUT2D eigenvalue weighted by atomic mass is 32.2. The number of hydrogen-bond acceptors (Lipinski definition) is 3. The summed E-state index contributed by atoms with van der Waals surface area (Å²) in [5.41, 5.74) is 3.25. The van der Waals surface area contributed by atoms with E-state index in [1.807, 2.05) is 12.2 Å². The number of hydrogen-bond donors (Lipinski definition) is 1.